The number of hydrazine groups is 2. The summed E-state index contributed by atoms with van der Waals surface area (Å²) >= 11 is 0. The number of rotatable bonds is 2. The Morgan fingerprint density at radius 1 is 1.30 bits per heavy atom. The molecular weight excluding hydrogens is 260 g/mol. The number of anilines is 2. The Labute approximate surface area is 114 Å². The smallest absolute Gasteiger partial charge is 0.351 e. The van der Waals surface area contributed by atoms with Crippen LogP contribution in [0, 0.1) is 6.92 Å². The van der Waals surface area contributed by atoms with E-state index in [0.29, 0.717) is 5.69 Å². The van der Waals surface area contributed by atoms with Crippen LogP contribution in [0.25, 0.3) is 0 Å². The molecule has 2 heterocycles. The van der Waals surface area contributed by atoms with E-state index >= 15 is 0 Å². The summed E-state index contributed by atoms with van der Waals surface area (Å²) in [5.74, 6) is -0.476. The summed E-state index contributed by atoms with van der Waals surface area (Å²) in [5.41, 5.74) is 12.4. The van der Waals surface area contributed by atoms with E-state index in [1.54, 1.807) is 12.1 Å². The highest BCUT2D eigenvalue weighted by molar-refractivity contribution is 6.02. The normalized spacial score (nSPS) is 13.8. The lowest BCUT2D eigenvalue weighted by molar-refractivity contribution is 0.0996. The average molecular weight is 272 g/mol. The largest absolute Gasteiger partial charge is 0.364 e. The number of hydrogen-bond acceptors (Lipinski definition) is 5. The number of fused-ring (bicyclic) bond motifs is 1. The van der Waals surface area contributed by atoms with Crippen LogP contribution in [0.3, 0.4) is 0 Å². The number of carbonyl (C=O) groups is 2. The van der Waals surface area contributed by atoms with Gasteiger partial charge in [0.1, 0.15) is 6.33 Å². The Bertz CT molecular complexity index is 690. The molecule has 8 heteroatoms. The molecule has 0 unspecified atom stereocenters. The second kappa shape index (κ2) is 4.35. The Hall–Kier alpha value is -2.87. The molecule has 102 valence electrons. The number of nitrogens with zero attached hydrogens (tertiary/aromatic N) is 3. The van der Waals surface area contributed by atoms with Gasteiger partial charge in [0.2, 0.25) is 0 Å². The van der Waals surface area contributed by atoms with Gasteiger partial charge in [-0.2, -0.15) is 0 Å². The fraction of sp³-hybridized carbons (Fsp3) is 0.0833. The Morgan fingerprint density at radius 3 is 2.65 bits per heavy atom. The lowest BCUT2D eigenvalue weighted by atomic mass is 10.2. The number of carbonyl (C=O) groups excluding carboxylic acids is 2. The van der Waals surface area contributed by atoms with E-state index in [9.17, 15) is 9.59 Å². The maximum atomic E-state index is 12.3. The molecule has 0 spiro atoms. The number of primary amides is 1. The van der Waals surface area contributed by atoms with E-state index in [-0.39, 0.29) is 17.5 Å². The van der Waals surface area contributed by atoms with Crippen molar-refractivity contribution in [2.24, 2.45) is 5.73 Å². The Morgan fingerprint density at radius 2 is 2.00 bits per heavy atom. The van der Waals surface area contributed by atoms with Crippen molar-refractivity contribution in [1.82, 2.24) is 15.1 Å². The number of imidazole rings is 1. The fourth-order valence-electron chi connectivity index (χ4n) is 1.93. The third-order valence-corrected chi connectivity index (χ3v) is 2.98. The number of nitrogens with one attached hydrogen (secondary N) is 2. The molecule has 0 saturated carbocycles. The van der Waals surface area contributed by atoms with E-state index < -0.39 is 5.91 Å². The monoisotopic (exact) mass is 272 g/mol. The van der Waals surface area contributed by atoms with Gasteiger partial charge in [-0.1, -0.05) is 17.7 Å². The highest BCUT2D eigenvalue weighted by Gasteiger charge is 2.29. The first-order valence-electron chi connectivity index (χ1n) is 5.88. The van der Waals surface area contributed by atoms with Crippen LogP contribution < -0.4 is 21.7 Å². The number of aryl methyl sites for hydroxylation is 1. The van der Waals surface area contributed by atoms with Crippen LogP contribution in [0.15, 0.2) is 30.6 Å². The van der Waals surface area contributed by atoms with E-state index in [2.05, 4.69) is 15.9 Å². The van der Waals surface area contributed by atoms with Crippen LogP contribution >= 0.6 is 0 Å². The molecule has 0 fully saturated rings. The SMILES string of the molecule is Cc1ccc(N2NNc3c(C(N)=O)ncn3C2=O)cc1. The maximum absolute atomic E-state index is 12.3. The molecular formula is C12H12N6O2. The molecule has 1 aromatic heterocycles. The zero-order chi connectivity index (χ0) is 14.3. The van der Waals surface area contributed by atoms with Crippen molar-refractivity contribution in [2.75, 3.05) is 10.4 Å². The lowest BCUT2D eigenvalue weighted by Crippen LogP contribution is -2.53. The van der Waals surface area contributed by atoms with Gasteiger partial charge in [0.25, 0.3) is 5.91 Å². The third kappa shape index (κ3) is 1.79. The number of benzene rings is 1. The molecule has 1 aromatic carbocycles. The average Bonchev–Trinajstić information content (AvgIpc) is 2.85. The minimum Gasteiger partial charge on any atom is -0.364 e. The summed E-state index contributed by atoms with van der Waals surface area (Å²) in [6, 6.07) is 7.01. The van der Waals surface area contributed by atoms with Gasteiger partial charge in [-0.15, -0.1) is 5.53 Å². The molecule has 0 aliphatic carbocycles. The van der Waals surface area contributed by atoms with Crippen molar-refractivity contribution in [2.45, 2.75) is 6.92 Å². The van der Waals surface area contributed by atoms with E-state index in [1.807, 2.05) is 19.1 Å². The van der Waals surface area contributed by atoms with Crippen molar-refractivity contribution in [3.63, 3.8) is 0 Å². The molecule has 3 rings (SSSR count). The summed E-state index contributed by atoms with van der Waals surface area (Å²) in [7, 11) is 0. The number of amides is 2. The molecule has 20 heavy (non-hydrogen) atoms. The molecule has 0 bridgehead atoms. The first-order valence-corrected chi connectivity index (χ1v) is 5.88. The molecule has 1 aliphatic heterocycles. The van der Waals surface area contributed by atoms with Crippen molar-refractivity contribution >= 4 is 23.4 Å². The first kappa shape index (κ1) is 12.2. The van der Waals surface area contributed by atoms with Gasteiger partial charge in [0.05, 0.1) is 5.69 Å². The minimum absolute atomic E-state index is 0.00871. The Kier molecular flexibility index (Phi) is 2.65. The second-order valence-corrected chi connectivity index (χ2v) is 4.37. The van der Waals surface area contributed by atoms with Crippen molar-refractivity contribution in [3.05, 3.63) is 41.9 Å². The predicted molar refractivity (Wildman–Crippen MR) is 72.0 cm³/mol. The summed E-state index contributed by atoms with van der Waals surface area (Å²) in [4.78, 5) is 27.3. The number of nitrogens with two attached hydrogens (primary N) is 1. The predicted octanol–water partition coefficient (Wildman–Crippen LogP) is 0.610. The van der Waals surface area contributed by atoms with E-state index in [4.69, 9.17) is 5.73 Å². The van der Waals surface area contributed by atoms with Crippen molar-refractivity contribution in [1.29, 1.82) is 0 Å². The van der Waals surface area contributed by atoms with E-state index in [1.165, 1.54) is 15.9 Å². The summed E-state index contributed by atoms with van der Waals surface area (Å²) in [6.45, 7) is 1.96. The van der Waals surface area contributed by atoms with Gasteiger partial charge in [0, 0.05) is 0 Å². The van der Waals surface area contributed by atoms with Crippen LogP contribution in [-0.4, -0.2) is 21.5 Å². The Balaban J connectivity index is 1.97. The van der Waals surface area contributed by atoms with Crippen LogP contribution in [0.4, 0.5) is 16.3 Å². The van der Waals surface area contributed by atoms with Crippen molar-refractivity contribution in [3.8, 4) is 0 Å². The second-order valence-electron chi connectivity index (χ2n) is 4.37. The van der Waals surface area contributed by atoms with Crippen molar-refractivity contribution < 1.29 is 9.59 Å². The van der Waals surface area contributed by atoms with Crippen LogP contribution in [0.1, 0.15) is 16.1 Å². The molecule has 0 saturated heterocycles. The molecule has 0 radical (unpaired) electrons. The van der Waals surface area contributed by atoms with Gasteiger partial charge < -0.3 is 5.73 Å². The van der Waals surface area contributed by atoms with E-state index in [0.717, 1.165) is 5.56 Å². The van der Waals surface area contributed by atoms with Gasteiger partial charge in [-0.25, -0.2) is 19.4 Å². The summed E-state index contributed by atoms with van der Waals surface area (Å²) in [6.07, 6.45) is 1.26. The van der Waals surface area contributed by atoms with Crippen LogP contribution in [-0.2, 0) is 0 Å². The summed E-state index contributed by atoms with van der Waals surface area (Å²) in [5, 5.41) is 1.30. The zero-order valence-corrected chi connectivity index (χ0v) is 10.6. The third-order valence-electron chi connectivity index (χ3n) is 2.98. The molecule has 4 N–H and O–H groups in total. The highest BCUT2D eigenvalue weighted by Crippen LogP contribution is 2.21. The number of hydrogen-bond donors (Lipinski definition) is 3. The molecule has 2 amide bonds. The molecule has 1 aliphatic rings. The maximum Gasteiger partial charge on any atom is 0.351 e. The fourth-order valence-corrected chi connectivity index (χ4v) is 1.93. The summed E-state index contributed by atoms with van der Waals surface area (Å²) < 4.78 is 1.22. The quantitative estimate of drug-likeness (QED) is 0.742. The molecule has 0 atom stereocenters. The lowest BCUT2D eigenvalue weighted by Gasteiger charge is -2.29. The van der Waals surface area contributed by atoms with Crippen LogP contribution in [0.5, 0.6) is 0 Å². The molecule has 8 nitrogen and oxygen atoms in total. The first-order chi connectivity index (χ1) is 9.58. The minimum atomic E-state index is -0.704. The van der Waals surface area contributed by atoms with Gasteiger partial charge >= 0.3 is 6.03 Å². The van der Waals surface area contributed by atoms with Gasteiger partial charge in [-0.05, 0) is 19.1 Å². The highest BCUT2D eigenvalue weighted by atomic mass is 16.2. The van der Waals surface area contributed by atoms with Gasteiger partial charge in [0.15, 0.2) is 11.5 Å². The van der Waals surface area contributed by atoms with Gasteiger partial charge in [-0.3, -0.25) is 10.2 Å². The van der Waals surface area contributed by atoms with Crippen LogP contribution in [0.2, 0.25) is 0 Å². The molecule has 2 aromatic rings. The number of aromatic nitrogens is 2. The zero-order valence-electron chi connectivity index (χ0n) is 10.6. The standard InChI is InChI=1S/C12H12N6O2/c1-7-2-4-8(5-3-7)18-12(20)17-6-14-9(10(13)19)11(17)15-16-18/h2-6,15-16H,1H3,(H2,13,19). The topological polar surface area (TPSA) is 105 Å².